The lowest BCUT2D eigenvalue weighted by Crippen LogP contribution is -2.02. The summed E-state index contributed by atoms with van der Waals surface area (Å²) < 4.78 is 0. The molecule has 0 aliphatic carbocycles. The van der Waals surface area contributed by atoms with Crippen molar-refractivity contribution in [1.29, 1.82) is 0 Å². The average molecular weight is 374 g/mol. The second kappa shape index (κ2) is 7.84. The number of nitrogen functional groups attached to an aromatic ring is 2. The Kier molecular flexibility index (Phi) is 5.31. The molecular formula is C22H22N4O2. The van der Waals surface area contributed by atoms with E-state index >= 15 is 0 Å². The van der Waals surface area contributed by atoms with E-state index in [0.29, 0.717) is 45.3 Å². The number of benzene rings is 3. The van der Waals surface area contributed by atoms with Crippen molar-refractivity contribution in [3.8, 4) is 11.5 Å². The molecule has 6 heteroatoms. The number of nitrogens with two attached hydrogens (primary N) is 2. The molecule has 6 N–H and O–H groups in total. The van der Waals surface area contributed by atoms with Crippen molar-refractivity contribution >= 4 is 34.2 Å². The van der Waals surface area contributed by atoms with Crippen LogP contribution in [0.3, 0.4) is 0 Å². The number of anilines is 2. The molecule has 3 aromatic carbocycles. The SMILES string of the molecule is CC(=Nc1ccccc1N)c1cc(C(C)=Nc2ccccc2N)c(O)cc1O. The van der Waals surface area contributed by atoms with Crippen LogP contribution in [-0.4, -0.2) is 21.6 Å². The average Bonchev–Trinajstić information content (AvgIpc) is 2.65. The van der Waals surface area contributed by atoms with Gasteiger partial charge < -0.3 is 21.7 Å². The maximum Gasteiger partial charge on any atom is 0.128 e. The number of rotatable bonds is 4. The van der Waals surface area contributed by atoms with Crippen molar-refractivity contribution in [3.05, 3.63) is 71.8 Å². The summed E-state index contributed by atoms with van der Waals surface area (Å²) in [6, 6.07) is 17.4. The van der Waals surface area contributed by atoms with Crippen molar-refractivity contribution in [2.24, 2.45) is 9.98 Å². The summed E-state index contributed by atoms with van der Waals surface area (Å²) in [6.07, 6.45) is 0. The number of hydrogen-bond acceptors (Lipinski definition) is 6. The molecule has 0 saturated carbocycles. The first-order chi connectivity index (χ1) is 13.4. The quantitative estimate of drug-likeness (QED) is 0.396. The molecule has 3 aromatic rings. The van der Waals surface area contributed by atoms with E-state index in [1.165, 1.54) is 6.07 Å². The van der Waals surface area contributed by atoms with Gasteiger partial charge >= 0.3 is 0 Å². The van der Waals surface area contributed by atoms with E-state index in [2.05, 4.69) is 9.98 Å². The van der Waals surface area contributed by atoms with Crippen LogP contribution >= 0.6 is 0 Å². The Morgan fingerprint density at radius 1 is 0.679 bits per heavy atom. The molecule has 0 aliphatic rings. The second-order valence-electron chi connectivity index (χ2n) is 6.40. The zero-order valence-electron chi connectivity index (χ0n) is 15.7. The lowest BCUT2D eigenvalue weighted by molar-refractivity contribution is 0.449. The van der Waals surface area contributed by atoms with Gasteiger partial charge in [-0.25, -0.2) is 0 Å². The van der Waals surface area contributed by atoms with Crippen LogP contribution in [0.5, 0.6) is 11.5 Å². The number of phenolic OH excluding ortho intramolecular Hbond substituents is 2. The highest BCUT2D eigenvalue weighted by Crippen LogP contribution is 2.31. The van der Waals surface area contributed by atoms with Crippen LogP contribution in [-0.2, 0) is 0 Å². The fraction of sp³-hybridized carbons (Fsp3) is 0.0909. The summed E-state index contributed by atoms with van der Waals surface area (Å²) in [7, 11) is 0. The summed E-state index contributed by atoms with van der Waals surface area (Å²) in [5.74, 6) is -0.159. The Balaban J connectivity index is 2.06. The van der Waals surface area contributed by atoms with Crippen LogP contribution in [0.25, 0.3) is 0 Å². The highest BCUT2D eigenvalue weighted by atomic mass is 16.3. The van der Waals surface area contributed by atoms with Gasteiger partial charge in [-0.1, -0.05) is 24.3 Å². The summed E-state index contributed by atoms with van der Waals surface area (Å²) in [5.41, 5.74) is 16.3. The normalized spacial score (nSPS) is 12.2. The Labute approximate surface area is 163 Å². The van der Waals surface area contributed by atoms with Crippen molar-refractivity contribution < 1.29 is 10.2 Å². The monoisotopic (exact) mass is 374 g/mol. The van der Waals surface area contributed by atoms with Gasteiger partial charge in [0.2, 0.25) is 0 Å². The van der Waals surface area contributed by atoms with Gasteiger partial charge in [-0.3, -0.25) is 9.98 Å². The molecule has 142 valence electrons. The predicted molar refractivity (Wildman–Crippen MR) is 115 cm³/mol. The molecule has 0 bridgehead atoms. The van der Waals surface area contributed by atoms with Crippen LogP contribution in [0.4, 0.5) is 22.7 Å². The van der Waals surface area contributed by atoms with Gasteiger partial charge in [-0.05, 0) is 44.2 Å². The second-order valence-corrected chi connectivity index (χ2v) is 6.40. The minimum Gasteiger partial charge on any atom is -0.507 e. The lowest BCUT2D eigenvalue weighted by atomic mass is 10.0. The standard InChI is InChI=1S/C22H22N4O2/c1-13(25-19-9-5-3-7-17(19)23)15-11-16(22(28)12-21(15)27)14(2)26-20-10-6-4-8-18(20)24/h3-12,27-28H,23-24H2,1-2H3. The smallest absolute Gasteiger partial charge is 0.128 e. The van der Waals surface area contributed by atoms with Crippen molar-refractivity contribution in [1.82, 2.24) is 0 Å². The number of hydrogen-bond donors (Lipinski definition) is 4. The third-order valence-corrected chi connectivity index (χ3v) is 4.34. The highest BCUT2D eigenvalue weighted by molar-refractivity contribution is 6.08. The predicted octanol–water partition coefficient (Wildman–Crippen LogP) is 4.54. The van der Waals surface area contributed by atoms with Crippen LogP contribution in [0.2, 0.25) is 0 Å². The van der Waals surface area contributed by atoms with Crippen LogP contribution in [0, 0.1) is 0 Å². The maximum absolute atomic E-state index is 10.3. The molecule has 0 aliphatic heterocycles. The molecule has 0 saturated heterocycles. The van der Waals surface area contributed by atoms with Gasteiger partial charge in [0.25, 0.3) is 0 Å². The Morgan fingerprint density at radius 2 is 1.07 bits per heavy atom. The molecular weight excluding hydrogens is 352 g/mol. The van der Waals surface area contributed by atoms with Crippen LogP contribution in [0.1, 0.15) is 25.0 Å². The third kappa shape index (κ3) is 3.96. The van der Waals surface area contributed by atoms with Gasteiger partial charge in [0.05, 0.1) is 22.7 Å². The topological polar surface area (TPSA) is 117 Å². The molecule has 0 unspecified atom stereocenters. The molecule has 0 radical (unpaired) electrons. The summed E-state index contributed by atoms with van der Waals surface area (Å²) in [5, 5.41) is 20.6. The van der Waals surface area contributed by atoms with E-state index in [1.54, 1.807) is 44.2 Å². The largest absolute Gasteiger partial charge is 0.507 e. The van der Waals surface area contributed by atoms with Gasteiger partial charge in [-0.2, -0.15) is 0 Å². The molecule has 0 atom stereocenters. The van der Waals surface area contributed by atoms with Crippen molar-refractivity contribution in [2.75, 3.05) is 11.5 Å². The number of para-hydroxylation sites is 4. The number of aromatic hydroxyl groups is 2. The molecule has 3 rings (SSSR count). The van der Waals surface area contributed by atoms with Crippen LogP contribution < -0.4 is 11.5 Å². The lowest BCUT2D eigenvalue weighted by Gasteiger charge is -2.11. The minimum absolute atomic E-state index is 0.0796. The molecule has 0 spiro atoms. The first kappa shape index (κ1) is 19.0. The van der Waals surface area contributed by atoms with Crippen molar-refractivity contribution in [2.45, 2.75) is 13.8 Å². The van der Waals surface area contributed by atoms with E-state index in [4.69, 9.17) is 11.5 Å². The number of phenols is 2. The molecule has 6 nitrogen and oxygen atoms in total. The van der Waals surface area contributed by atoms with Gasteiger partial charge in [-0.15, -0.1) is 0 Å². The summed E-state index contributed by atoms with van der Waals surface area (Å²) in [6.45, 7) is 3.54. The first-order valence-corrected chi connectivity index (χ1v) is 8.73. The summed E-state index contributed by atoms with van der Waals surface area (Å²) in [4.78, 5) is 9.02. The third-order valence-electron chi connectivity index (χ3n) is 4.34. The van der Waals surface area contributed by atoms with E-state index in [-0.39, 0.29) is 11.5 Å². The van der Waals surface area contributed by atoms with E-state index < -0.39 is 0 Å². The first-order valence-electron chi connectivity index (χ1n) is 8.73. The van der Waals surface area contributed by atoms with Crippen molar-refractivity contribution in [3.63, 3.8) is 0 Å². The Bertz CT molecular complexity index is 1000. The van der Waals surface area contributed by atoms with Gasteiger partial charge in [0, 0.05) is 28.6 Å². The molecule has 0 heterocycles. The Morgan fingerprint density at radius 3 is 1.46 bits per heavy atom. The Hall–Kier alpha value is -3.80. The zero-order chi connectivity index (χ0) is 20.3. The molecule has 28 heavy (non-hydrogen) atoms. The molecule has 0 fully saturated rings. The molecule has 0 amide bonds. The number of aliphatic imine (C=N–C) groups is 2. The van der Waals surface area contributed by atoms with E-state index in [9.17, 15) is 10.2 Å². The van der Waals surface area contributed by atoms with Crippen LogP contribution in [0.15, 0.2) is 70.6 Å². The van der Waals surface area contributed by atoms with E-state index in [1.807, 2.05) is 24.3 Å². The van der Waals surface area contributed by atoms with E-state index in [0.717, 1.165) is 0 Å². The maximum atomic E-state index is 10.3. The zero-order valence-corrected chi connectivity index (χ0v) is 15.7. The summed E-state index contributed by atoms with van der Waals surface area (Å²) >= 11 is 0. The fourth-order valence-corrected chi connectivity index (χ4v) is 2.82. The number of nitrogens with zero attached hydrogens (tertiary/aromatic N) is 2. The van der Waals surface area contributed by atoms with Gasteiger partial charge in [0.15, 0.2) is 0 Å². The highest BCUT2D eigenvalue weighted by Gasteiger charge is 2.14. The fourth-order valence-electron chi connectivity index (χ4n) is 2.82. The van der Waals surface area contributed by atoms with Gasteiger partial charge in [0.1, 0.15) is 11.5 Å². The molecule has 0 aromatic heterocycles. The minimum atomic E-state index is -0.0796.